The zero-order chi connectivity index (χ0) is 25.2. The number of methoxy groups -OCH3 is 1. The van der Waals surface area contributed by atoms with Crippen LogP contribution in [0.25, 0.3) is 10.8 Å². The summed E-state index contributed by atoms with van der Waals surface area (Å²) in [6.45, 7) is 2.86. The molecular weight excluding hydrogens is 450 g/mol. The molecule has 5 nitrogen and oxygen atoms in total. The van der Waals surface area contributed by atoms with E-state index in [-0.39, 0.29) is 0 Å². The van der Waals surface area contributed by atoms with Gasteiger partial charge in [-0.05, 0) is 77.4 Å². The minimum atomic E-state index is -0.458. The molecule has 0 saturated heterocycles. The Morgan fingerprint density at radius 2 is 1.64 bits per heavy atom. The van der Waals surface area contributed by atoms with Crippen molar-refractivity contribution in [2.45, 2.75) is 32.6 Å². The molecule has 0 amide bonds. The largest absolute Gasteiger partial charge is 0.494 e. The molecule has 36 heavy (non-hydrogen) atoms. The number of ether oxygens (including phenoxy) is 3. The number of benzene rings is 4. The van der Waals surface area contributed by atoms with Gasteiger partial charge in [-0.25, -0.2) is 4.79 Å². The standard InChI is InChI=1S/C31H31NO4/c1-3-4-5-8-19-35-28-16-13-25(14-17-28)31(33)36-29-18-11-23(20-30(29)34-2)22-32-27-15-12-24-9-6-7-10-26(24)21-27/h6-7,9-18,20-22H,3-5,8,19H2,1-2H3. The highest BCUT2D eigenvalue weighted by molar-refractivity contribution is 5.92. The van der Waals surface area contributed by atoms with Crippen LogP contribution in [0.15, 0.2) is 89.9 Å². The van der Waals surface area contributed by atoms with E-state index in [1.807, 2.05) is 30.3 Å². The number of carbonyl (C=O) groups is 1. The molecular formula is C31H31NO4. The second-order valence-corrected chi connectivity index (χ2v) is 8.52. The molecule has 0 aliphatic rings. The van der Waals surface area contributed by atoms with Crippen molar-refractivity contribution in [2.24, 2.45) is 4.99 Å². The molecule has 0 fully saturated rings. The van der Waals surface area contributed by atoms with E-state index in [4.69, 9.17) is 14.2 Å². The van der Waals surface area contributed by atoms with Gasteiger partial charge in [-0.1, -0.05) is 56.5 Å². The Morgan fingerprint density at radius 3 is 2.42 bits per heavy atom. The van der Waals surface area contributed by atoms with E-state index in [9.17, 15) is 4.79 Å². The first-order valence-corrected chi connectivity index (χ1v) is 12.3. The fourth-order valence-corrected chi connectivity index (χ4v) is 3.82. The summed E-state index contributed by atoms with van der Waals surface area (Å²) >= 11 is 0. The van der Waals surface area contributed by atoms with Crippen LogP contribution >= 0.6 is 0 Å². The second-order valence-electron chi connectivity index (χ2n) is 8.52. The van der Waals surface area contributed by atoms with Crippen LogP contribution in [0.4, 0.5) is 5.69 Å². The van der Waals surface area contributed by atoms with Gasteiger partial charge in [0.25, 0.3) is 0 Å². The molecule has 0 unspecified atom stereocenters. The number of fused-ring (bicyclic) bond motifs is 1. The maximum atomic E-state index is 12.7. The molecule has 0 N–H and O–H groups in total. The Labute approximate surface area is 212 Å². The van der Waals surface area contributed by atoms with E-state index in [1.54, 1.807) is 49.7 Å². The Hall–Kier alpha value is -4.12. The van der Waals surface area contributed by atoms with Crippen LogP contribution in [0.2, 0.25) is 0 Å². The first-order valence-electron chi connectivity index (χ1n) is 12.3. The third kappa shape index (κ3) is 6.72. The second kappa shape index (κ2) is 12.5. The van der Waals surface area contributed by atoms with Crippen molar-refractivity contribution in [1.29, 1.82) is 0 Å². The molecule has 184 valence electrons. The fourth-order valence-electron chi connectivity index (χ4n) is 3.82. The molecule has 0 bridgehead atoms. The van der Waals surface area contributed by atoms with Crippen molar-refractivity contribution in [3.8, 4) is 17.2 Å². The lowest BCUT2D eigenvalue weighted by molar-refractivity contribution is 0.0729. The molecule has 5 heteroatoms. The molecule has 0 atom stereocenters. The third-order valence-electron chi connectivity index (χ3n) is 5.84. The molecule has 4 aromatic rings. The van der Waals surface area contributed by atoms with Crippen molar-refractivity contribution in [1.82, 2.24) is 0 Å². The summed E-state index contributed by atoms with van der Waals surface area (Å²) in [6.07, 6.45) is 6.37. The van der Waals surface area contributed by atoms with Crippen LogP contribution in [0.1, 0.15) is 48.5 Å². The van der Waals surface area contributed by atoms with E-state index in [1.165, 1.54) is 18.2 Å². The SMILES string of the molecule is CCCCCCOc1ccc(C(=O)Oc2ccc(C=Nc3ccc4ccccc4c3)cc2OC)cc1. The van der Waals surface area contributed by atoms with Gasteiger partial charge in [-0.15, -0.1) is 0 Å². The quantitative estimate of drug-likeness (QED) is 0.0950. The summed E-state index contributed by atoms with van der Waals surface area (Å²) in [5.41, 5.74) is 2.13. The van der Waals surface area contributed by atoms with Gasteiger partial charge in [0.2, 0.25) is 0 Å². The average molecular weight is 482 g/mol. The molecule has 0 aromatic heterocycles. The monoisotopic (exact) mass is 481 g/mol. The maximum Gasteiger partial charge on any atom is 0.343 e. The van der Waals surface area contributed by atoms with Gasteiger partial charge in [0.1, 0.15) is 5.75 Å². The van der Waals surface area contributed by atoms with Gasteiger partial charge in [-0.2, -0.15) is 0 Å². The molecule has 4 rings (SSSR count). The predicted molar refractivity (Wildman–Crippen MR) is 145 cm³/mol. The van der Waals surface area contributed by atoms with Gasteiger partial charge in [0, 0.05) is 6.21 Å². The van der Waals surface area contributed by atoms with Crippen molar-refractivity contribution in [2.75, 3.05) is 13.7 Å². The molecule has 0 spiro atoms. The zero-order valence-electron chi connectivity index (χ0n) is 20.8. The molecule has 0 saturated carbocycles. The van der Waals surface area contributed by atoms with Gasteiger partial charge in [-0.3, -0.25) is 4.99 Å². The average Bonchev–Trinajstić information content (AvgIpc) is 2.92. The smallest absolute Gasteiger partial charge is 0.343 e. The van der Waals surface area contributed by atoms with Crippen molar-refractivity contribution >= 4 is 28.6 Å². The van der Waals surface area contributed by atoms with Crippen LogP contribution in [-0.4, -0.2) is 25.9 Å². The number of rotatable bonds is 11. The minimum absolute atomic E-state index is 0.349. The summed E-state index contributed by atoms with van der Waals surface area (Å²) in [5, 5.41) is 2.31. The first-order chi connectivity index (χ1) is 17.7. The van der Waals surface area contributed by atoms with Crippen molar-refractivity contribution in [3.63, 3.8) is 0 Å². The van der Waals surface area contributed by atoms with Crippen LogP contribution in [0.5, 0.6) is 17.2 Å². The number of unbranched alkanes of at least 4 members (excludes halogenated alkanes) is 3. The first kappa shape index (κ1) is 25.0. The molecule has 0 aliphatic carbocycles. The van der Waals surface area contributed by atoms with Crippen molar-refractivity contribution in [3.05, 3.63) is 96.1 Å². The van der Waals surface area contributed by atoms with E-state index < -0.39 is 5.97 Å². The summed E-state index contributed by atoms with van der Waals surface area (Å²) in [4.78, 5) is 17.3. The Morgan fingerprint density at radius 1 is 0.833 bits per heavy atom. The van der Waals surface area contributed by atoms with E-state index in [0.717, 1.165) is 35.2 Å². The van der Waals surface area contributed by atoms with Gasteiger partial charge in [0.05, 0.1) is 25.0 Å². The van der Waals surface area contributed by atoms with E-state index in [2.05, 4.69) is 30.1 Å². The zero-order valence-corrected chi connectivity index (χ0v) is 20.8. The molecule has 4 aromatic carbocycles. The van der Waals surface area contributed by atoms with Crippen LogP contribution < -0.4 is 14.2 Å². The highest BCUT2D eigenvalue weighted by Gasteiger charge is 2.13. The molecule has 0 heterocycles. The highest BCUT2D eigenvalue weighted by Crippen LogP contribution is 2.29. The van der Waals surface area contributed by atoms with Crippen LogP contribution in [-0.2, 0) is 0 Å². The number of nitrogens with zero attached hydrogens (tertiary/aromatic N) is 1. The lowest BCUT2D eigenvalue weighted by Gasteiger charge is -2.10. The lowest BCUT2D eigenvalue weighted by atomic mass is 10.1. The third-order valence-corrected chi connectivity index (χ3v) is 5.84. The number of aliphatic imine (C=N–C) groups is 1. The van der Waals surface area contributed by atoms with E-state index >= 15 is 0 Å². The summed E-state index contributed by atoms with van der Waals surface area (Å²) in [5.74, 6) is 1.09. The Kier molecular flexibility index (Phi) is 8.71. The van der Waals surface area contributed by atoms with Gasteiger partial charge in [0.15, 0.2) is 11.5 Å². The lowest BCUT2D eigenvalue weighted by Crippen LogP contribution is -2.09. The minimum Gasteiger partial charge on any atom is -0.494 e. The van der Waals surface area contributed by atoms with Gasteiger partial charge >= 0.3 is 5.97 Å². The fraction of sp³-hybridized carbons (Fsp3) is 0.226. The topological polar surface area (TPSA) is 57.1 Å². The summed E-state index contributed by atoms with van der Waals surface area (Å²) in [6, 6.07) is 26.6. The number of carbonyl (C=O) groups excluding carboxylic acids is 1. The Balaban J connectivity index is 1.38. The Bertz CT molecular complexity index is 1330. The van der Waals surface area contributed by atoms with Crippen molar-refractivity contribution < 1.29 is 19.0 Å². The molecule has 0 radical (unpaired) electrons. The summed E-state index contributed by atoms with van der Waals surface area (Å²) in [7, 11) is 1.55. The van der Waals surface area contributed by atoms with Crippen LogP contribution in [0, 0.1) is 0 Å². The molecule has 0 aliphatic heterocycles. The van der Waals surface area contributed by atoms with E-state index in [0.29, 0.717) is 23.7 Å². The highest BCUT2D eigenvalue weighted by atomic mass is 16.6. The number of hydrogen-bond donors (Lipinski definition) is 0. The van der Waals surface area contributed by atoms with Gasteiger partial charge < -0.3 is 14.2 Å². The summed E-state index contributed by atoms with van der Waals surface area (Å²) < 4.78 is 16.8. The number of esters is 1. The normalized spacial score (nSPS) is 11.1. The maximum absolute atomic E-state index is 12.7. The predicted octanol–water partition coefficient (Wildman–Crippen LogP) is 7.78. The van der Waals surface area contributed by atoms with Crippen LogP contribution in [0.3, 0.4) is 0 Å². The number of hydrogen-bond acceptors (Lipinski definition) is 5.